The lowest BCUT2D eigenvalue weighted by Crippen LogP contribution is -1.76. The molecule has 0 saturated carbocycles. The zero-order chi connectivity index (χ0) is 12.4. The first-order valence-electron chi connectivity index (χ1n) is 5.67. The topological polar surface area (TPSA) is 0 Å². The molecule has 1 aromatic heterocycles. The molecule has 1 atom stereocenters. The zero-order valence-corrected chi connectivity index (χ0v) is 12.4. The molecule has 0 nitrogen and oxygen atoms in total. The molecule has 0 aliphatic rings. The van der Waals surface area contributed by atoms with Crippen LogP contribution in [0.15, 0.2) is 41.0 Å². The van der Waals surface area contributed by atoms with Gasteiger partial charge in [0.25, 0.3) is 0 Å². The van der Waals surface area contributed by atoms with Crippen molar-refractivity contribution in [2.75, 3.05) is 0 Å². The number of thiophene rings is 1. The van der Waals surface area contributed by atoms with Crippen molar-refractivity contribution in [3.8, 4) is 11.1 Å². The molecule has 1 heterocycles. The average Bonchev–Trinajstić information content (AvgIpc) is 2.77. The van der Waals surface area contributed by atoms with Gasteiger partial charge < -0.3 is 0 Å². The van der Waals surface area contributed by atoms with Gasteiger partial charge in [-0.1, -0.05) is 35.1 Å². The Morgan fingerprint density at radius 1 is 1.12 bits per heavy atom. The lowest BCUT2D eigenvalue weighted by molar-refractivity contribution is 1.47. The van der Waals surface area contributed by atoms with Crippen molar-refractivity contribution in [3.05, 3.63) is 51.5 Å². The number of rotatable bonds is 2. The maximum Gasteiger partial charge on any atom is 0.0308 e. The molecule has 1 aromatic carbocycles. The molecule has 0 aliphatic carbocycles. The van der Waals surface area contributed by atoms with E-state index in [0.717, 1.165) is 0 Å². The fourth-order valence-corrected chi connectivity index (χ4v) is 2.95. The normalized spacial score (nSPS) is 12.5. The van der Waals surface area contributed by atoms with Gasteiger partial charge in [-0.25, -0.2) is 0 Å². The Morgan fingerprint density at radius 2 is 1.88 bits per heavy atom. The number of benzene rings is 1. The van der Waals surface area contributed by atoms with E-state index >= 15 is 0 Å². The molecule has 0 N–H and O–H groups in total. The van der Waals surface area contributed by atoms with E-state index in [1.54, 1.807) is 0 Å². The van der Waals surface area contributed by atoms with Crippen molar-refractivity contribution in [3.63, 3.8) is 0 Å². The second-order valence-corrected chi connectivity index (χ2v) is 6.15. The molecule has 0 bridgehead atoms. The largest absolute Gasteiger partial charge is 0.144 e. The molecule has 2 rings (SSSR count). The molecule has 0 amide bonds. The highest BCUT2D eigenvalue weighted by atomic mass is 32.1. The Balaban J connectivity index is 2.40. The summed E-state index contributed by atoms with van der Waals surface area (Å²) in [5.74, 6) is 0. The van der Waals surface area contributed by atoms with Gasteiger partial charge in [0.2, 0.25) is 0 Å². The van der Waals surface area contributed by atoms with Gasteiger partial charge in [0.05, 0.1) is 0 Å². The van der Waals surface area contributed by atoms with Crippen LogP contribution in [0.5, 0.6) is 0 Å². The molecular weight excluding hydrogens is 243 g/mol. The van der Waals surface area contributed by atoms with Crippen molar-refractivity contribution in [1.29, 1.82) is 0 Å². The van der Waals surface area contributed by atoms with Crippen LogP contribution in [-0.2, 0) is 0 Å². The summed E-state index contributed by atoms with van der Waals surface area (Å²) in [6.07, 6.45) is 0. The van der Waals surface area contributed by atoms with Crippen molar-refractivity contribution >= 4 is 26.1 Å². The number of allylic oxidation sites excluding steroid dienone is 2. The van der Waals surface area contributed by atoms with Crippen LogP contribution in [0.2, 0.25) is 0 Å². The Kier molecular flexibility index (Phi) is 3.81. The van der Waals surface area contributed by atoms with E-state index in [-0.39, 0.29) is 0 Å². The smallest absolute Gasteiger partial charge is 0.0308 e. The highest BCUT2D eigenvalue weighted by Gasteiger charge is 2.05. The first-order chi connectivity index (χ1) is 8.08. The van der Waals surface area contributed by atoms with Crippen LogP contribution < -0.4 is 0 Å². The molecule has 2 aromatic rings. The first kappa shape index (κ1) is 12.5. The van der Waals surface area contributed by atoms with Crippen LogP contribution >= 0.6 is 20.6 Å². The van der Waals surface area contributed by atoms with Crippen LogP contribution in [0.3, 0.4) is 0 Å². The highest BCUT2D eigenvalue weighted by Crippen LogP contribution is 2.32. The monoisotopic (exact) mass is 260 g/mol. The van der Waals surface area contributed by atoms with Crippen molar-refractivity contribution in [2.45, 2.75) is 20.8 Å². The summed E-state index contributed by atoms with van der Waals surface area (Å²) in [5.41, 5.74) is 5.30. The fraction of sp³-hybridized carbons (Fsp3) is 0.200. The van der Waals surface area contributed by atoms with Gasteiger partial charge in [-0.05, 0) is 48.9 Å². The molecule has 88 valence electrons. The van der Waals surface area contributed by atoms with Gasteiger partial charge >= 0.3 is 0 Å². The molecular formula is C15H17PS. The summed E-state index contributed by atoms with van der Waals surface area (Å²) < 4.78 is 0. The molecule has 2 heteroatoms. The Morgan fingerprint density at radius 3 is 2.53 bits per heavy atom. The van der Waals surface area contributed by atoms with E-state index in [2.05, 4.69) is 65.7 Å². The van der Waals surface area contributed by atoms with E-state index in [4.69, 9.17) is 0 Å². The van der Waals surface area contributed by atoms with Crippen LogP contribution in [0.25, 0.3) is 16.7 Å². The van der Waals surface area contributed by atoms with E-state index in [1.165, 1.54) is 32.5 Å². The van der Waals surface area contributed by atoms with Crippen molar-refractivity contribution in [1.82, 2.24) is 0 Å². The van der Waals surface area contributed by atoms with Gasteiger partial charge in [-0.15, -0.1) is 20.6 Å². The zero-order valence-electron chi connectivity index (χ0n) is 10.4. The lowest BCUT2D eigenvalue weighted by atomic mass is 10.1. The third kappa shape index (κ3) is 2.86. The summed E-state index contributed by atoms with van der Waals surface area (Å²) in [4.78, 5) is 1.36. The van der Waals surface area contributed by atoms with E-state index in [9.17, 15) is 0 Å². The molecule has 1 unspecified atom stereocenters. The van der Waals surface area contributed by atoms with Crippen LogP contribution in [0.1, 0.15) is 24.3 Å². The summed E-state index contributed by atoms with van der Waals surface area (Å²) in [6, 6.07) is 10.9. The third-order valence-electron chi connectivity index (χ3n) is 2.91. The standard InChI is InChI=1S/C15H17PS/c1-10-5-4-6-13(7-10)14-8-15(17-9-14)11(2)12(3)16/h4-9H,16H2,1-3H3/b12-11-. The third-order valence-corrected chi connectivity index (χ3v) is 4.39. The summed E-state index contributed by atoms with van der Waals surface area (Å²) >= 11 is 1.82. The van der Waals surface area contributed by atoms with E-state index in [0.29, 0.717) is 0 Å². The van der Waals surface area contributed by atoms with Gasteiger partial charge in [0.15, 0.2) is 0 Å². The molecule has 0 saturated heterocycles. The number of hydrogen-bond donors (Lipinski definition) is 0. The Bertz CT molecular complexity index is 560. The van der Waals surface area contributed by atoms with Gasteiger partial charge in [-0.2, -0.15) is 0 Å². The van der Waals surface area contributed by atoms with Crippen LogP contribution in [0, 0.1) is 6.92 Å². The van der Waals surface area contributed by atoms with Crippen LogP contribution in [-0.4, -0.2) is 0 Å². The molecule has 17 heavy (non-hydrogen) atoms. The highest BCUT2D eigenvalue weighted by molar-refractivity contribution is 7.23. The SMILES string of the molecule is C/C(P)=C(\C)c1cc(-c2cccc(C)c2)cs1. The van der Waals surface area contributed by atoms with Crippen molar-refractivity contribution < 1.29 is 0 Å². The average molecular weight is 260 g/mol. The maximum absolute atomic E-state index is 2.78. The van der Waals surface area contributed by atoms with Gasteiger partial charge in [0.1, 0.15) is 0 Å². The number of hydrogen-bond acceptors (Lipinski definition) is 1. The Labute approximate surface area is 110 Å². The second kappa shape index (κ2) is 5.16. The minimum atomic E-state index is 1.31. The minimum Gasteiger partial charge on any atom is -0.144 e. The predicted octanol–water partition coefficient (Wildman–Crippen LogP) is 5.35. The minimum absolute atomic E-state index is 1.31. The van der Waals surface area contributed by atoms with Crippen LogP contribution in [0.4, 0.5) is 0 Å². The lowest BCUT2D eigenvalue weighted by Gasteiger charge is -2.00. The van der Waals surface area contributed by atoms with E-state index < -0.39 is 0 Å². The van der Waals surface area contributed by atoms with Crippen molar-refractivity contribution in [2.24, 2.45) is 0 Å². The number of aryl methyl sites for hydroxylation is 1. The molecule has 0 spiro atoms. The molecule has 0 aliphatic heterocycles. The first-order valence-corrected chi connectivity index (χ1v) is 7.12. The van der Waals surface area contributed by atoms with E-state index in [1.807, 2.05) is 11.3 Å². The summed E-state index contributed by atoms with van der Waals surface area (Å²) in [5, 5.41) is 3.55. The quantitative estimate of drug-likeness (QED) is 0.638. The van der Waals surface area contributed by atoms with Gasteiger partial charge in [0, 0.05) is 4.88 Å². The summed E-state index contributed by atoms with van der Waals surface area (Å²) in [7, 11) is 2.78. The maximum atomic E-state index is 2.78. The second-order valence-electron chi connectivity index (χ2n) is 4.38. The predicted molar refractivity (Wildman–Crippen MR) is 82.5 cm³/mol. The Hall–Kier alpha value is -0.910. The molecule has 0 fully saturated rings. The fourth-order valence-electron chi connectivity index (χ4n) is 1.70. The molecule has 0 radical (unpaired) electrons. The summed E-state index contributed by atoms with van der Waals surface area (Å²) in [6.45, 7) is 6.44. The van der Waals surface area contributed by atoms with Gasteiger partial charge in [-0.3, -0.25) is 0 Å².